The molecule has 1 atom stereocenters. The first-order valence-corrected chi connectivity index (χ1v) is 10.7. The van der Waals surface area contributed by atoms with Crippen molar-refractivity contribution in [3.05, 3.63) is 71.0 Å². The molecule has 1 aliphatic rings. The molecule has 0 saturated heterocycles. The lowest BCUT2D eigenvalue weighted by molar-refractivity contribution is -0.119. The molecule has 0 bridgehead atoms. The minimum Gasteiger partial charge on any atom is -0.497 e. The first-order chi connectivity index (χ1) is 15.1. The first kappa shape index (κ1) is 20.8. The zero-order valence-corrected chi connectivity index (χ0v) is 18.2. The Hall–Kier alpha value is -3.47. The zero-order valence-electron chi connectivity index (χ0n) is 18.2. The molecule has 5 heteroatoms. The van der Waals surface area contributed by atoms with Gasteiger partial charge < -0.3 is 10.1 Å². The van der Waals surface area contributed by atoms with E-state index in [1.54, 1.807) is 7.11 Å². The Balaban J connectivity index is 1.78. The molecule has 0 spiro atoms. The van der Waals surface area contributed by atoms with E-state index in [4.69, 9.17) is 14.7 Å². The van der Waals surface area contributed by atoms with Crippen molar-refractivity contribution in [2.45, 2.75) is 33.1 Å². The van der Waals surface area contributed by atoms with Crippen LogP contribution in [0.5, 0.6) is 5.75 Å². The third-order valence-corrected chi connectivity index (χ3v) is 5.73. The number of carbonyl (C=O) groups is 1. The number of nitrogens with zero attached hydrogens (tertiary/aromatic N) is 2. The summed E-state index contributed by atoms with van der Waals surface area (Å²) in [5, 5.41) is 3.01. The van der Waals surface area contributed by atoms with Crippen LogP contribution in [0.15, 0.2) is 48.5 Å². The Bertz CT molecular complexity index is 1120. The number of anilines is 1. The number of benzene rings is 2. The number of carbonyl (C=O) groups excluding carboxylic acids is 1. The van der Waals surface area contributed by atoms with Gasteiger partial charge >= 0.3 is 0 Å². The molecular formula is C26H27N3O2. The maximum atomic E-state index is 12.6. The molecule has 1 N–H and O–H groups in total. The molecule has 3 aromatic rings. The molecule has 31 heavy (non-hydrogen) atoms. The van der Waals surface area contributed by atoms with E-state index in [-0.39, 0.29) is 11.8 Å². The second kappa shape index (κ2) is 9.13. The molecule has 158 valence electrons. The Labute approximate surface area is 183 Å². The molecule has 0 aliphatic heterocycles. The van der Waals surface area contributed by atoms with E-state index < -0.39 is 0 Å². The fraction of sp³-hybridized carbons (Fsp3) is 0.269. The van der Waals surface area contributed by atoms with Gasteiger partial charge in [-0.1, -0.05) is 50.3 Å². The van der Waals surface area contributed by atoms with Crippen LogP contribution in [-0.4, -0.2) is 23.0 Å². The number of nitrogens with one attached hydrogen (secondary N) is 1. The molecule has 1 aromatic heterocycles. The molecular weight excluding hydrogens is 386 g/mol. The number of aromatic nitrogens is 2. The molecule has 4 rings (SSSR count). The highest BCUT2D eigenvalue weighted by molar-refractivity contribution is 5.93. The Morgan fingerprint density at radius 3 is 2.68 bits per heavy atom. The van der Waals surface area contributed by atoms with Crippen LogP contribution in [0.4, 0.5) is 5.82 Å². The van der Waals surface area contributed by atoms with Crippen LogP contribution >= 0.6 is 0 Å². The van der Waals surface area contributed by atoms with Gasteiger partial charge in [0.1, 0.15) is 11.4 Å². The number of methoxy groups -OCH3 is 1. The van der Waals surface area contributed by atoms with Crippen molar-refractivity contribution in [1.82, 2.24) is 9.97 Å². The standard InChI is InChI=1S/C26H27N3O2/c1-4-17(2)26(30)29-25-23(14-10-18-8-6-5-7-9-18)27-24-21-13-12-20(31-3)16-19(21)11-15-22(24)28-25/h5-10,12-14,16-17H,4,11,15H2,1-3H3,(H,28,29,30)/b14-10+. The largest absolute Gasteiger partial charge is 0.497 e. The van der Waals surface area contributed by atoms with Crippen molar-refractivity contribution >= 4 is 23.9 Å². The van der Waals surface area contributed by atoms with Crippen LogP contribution < -0.4 is 10.1 Å². The molecule has 5 nitrogen and oxygen atoms in total. The minimum absolute atomic E-state index is 0.0351. The maximum absolute atomic E-state index is 12.6. The number of rotatable bonds is 6. The molecule has 0 fully saturated rings. The third-order valence-electron chi connectivity index (χ3n) is 5.73. The topological polar surface area (TPSA) is 64.1 Å². The SMILES string of the molecule is CCC(C)C(=O)Nc1nc2c(nc1/C=C/c1ccccc1)-c1ccc(OC)cc1CC2. The van der Waals surface area contributed by atoms with Gasteiger partial charge in [-0.3, -0.25) is 4.79 Å². The summed E-state index contributed by atoms with van der Waals surface area (Å²) in [6.45, 7) is 3.93. The average Bonchev–Trinajstić information content (AvgIpc) is 2.82. The third kappa shape index (κ3) is 4.50. The van der Waals surface area contributed by atoms with Crippen molar-refractivity contribution in [3.8, 4) is 17.0 Å². The predicted octanol–water partition coefficient (Wildman–Crippen LogP) is 5.41. The number of ether oxygens (including phenoxy) is 1. The minimum atomic E-state index is -0.0861. The normalized spacial score (nSPS) is 13.4. The van der Waals surface area contributed by atoms with Gasteiger partial charge in [0.05, 0.1) is 18.5 Å². The molecule has 1 unspecified atom stereocenters. The molecule has 0 saturated carbocycles. The highest BCUT2D eigenvalue weighted by Gasteiger charge is 2.23. The van der Waals surface area contributed by atoms with Crippen molar-refractivity contribution in [2.24, 2.45) is 5.92 Å². The summed E-state index contributed by atoms with van der Waals surface area (Å²) in [5.41, 5.74) is 5.78. The maximum Gasteiger partial charge on any atom is 0.228 e. The van der Waals surface area contributed by atoms with Gasteiger partial charge in [0.15, 0.2) is 5.82 Å². The highest BCUT2D eigenvalue weighted by atomic mass is 16.5. The van der Waals surface area contributed by atoms with E-state index in [9.17, 15) is 4.79 Å². The van der Waals surface area contributed by atoms with Crippen LogP contribution in [0, 0.1) is 5.92 Å². The Morgan fingerprint density at radius 2 is 1.94 bits per heavy atom. The van der Waals surface area contributed by atoms with E-state index in [0.29, 0.717) is 11.5 Å². The number of hydrogen-bond donors (Lipinski definition) is 1. The number of fused-ring (bicyclic) bond motifs is 3. The summed E-state index contributed by atoms with van der Waals surface area (Å²) in [5.74, 6) is 1.24. The molecule has 1 amide bonds. The lowest BCUT2D eigenvalue weighted by atomic mass is 9.91. The summed E-state index contributed by atoms with van der Waals surface area (Å²) in [4.78, 5) is 22.4. The summed E-state index contributed by atoms with van der Waals surface area (Å²) < 4.78 is 5.38. The fourth-order valence-corrected chi connectivity index (χ4v) is 3.63. The lowest BCUT2D eigenvalue weighted by Crippen LogP contribution is -2.22. The number of amides is 1. The predicted molar refractivity (Wildman–Crippen MR) is 125 cm³/mol. The molecule has 1 heterocycles. The second-order valence-corrected chi connectivity index (χ2v) is 7.82. The van der Waals surface area contributed by atoms with E-state index in [1.807, 2.05) is 68.5 Å². The first-order valence-electron chi connectivity index (χ1n) is 10.7. The fourth-order valence-electron chi connectivity index (χ4n) is 3.63. The van der Waals surface area contributed by atoms with Crippen molar-refractivity contribution in [1.29, 1.82) is 0 Å². The number of hydrogen-bond acceptors (Lipinski definition) is 4. The van der Waals surface area contributed by atoms with Gasteiger partial charge in [0.25, 0.3) is 0 Å². The van der Waals surface area contributed by atoms with Gasteiger partial charge in [-0.05, 0) is 54.7 Å². The van der Waals surface area contributed by atoms with Gasteiger partial charge in [0, 0.05) is 11.5 Å². The summed E-state index contributed by atoms with van der Waals surface area (Å²) in [7, 11) is 1.68. The van der Waals surface area contributed by atoms with E-state index in [2.05, 4.69) is 11.4 Å². The van der Waals surface area contributed by atoms with Crippen LogP contribution in [0.3, 0.4) is 0 Å². The van der Waals surface area contributed by atoms with Crippen molar-refractivity contribution in [3.63, 3.8) is 0 Å². The van der Waals surface area contributed by atoms with Crippen LogP contribution in [0.1, 0.15) is 42.8 Å². The van der Waals surface area contributed by atoms with Crippen molar-refractivity contribution < 1.29 is 9.53 Å². The summed E-state index contributed by atoms with van der Waals surface area (Å²) in [6.07, 6.45) is 6.33. The van der Waals surface area contributed by atoms with Crippen LogP contribution in [-0.2, 0) is 17.6 Å². The smallest absolute Gasteiger partial charge is 0.228 e. The van der Waals surface area contributed by atoms with Crippen LogP contribution in [0.25, 0.3) is 23.4 Å². The number of aryl methyl sites for hydroxylation is 2. The highest BCUT2D eigenvalue weighted by Crippen LogP contribution is 2.35. The quantitative estimate of drug-likeness (QED) is 0.587. The summed E-state index contributed by atoms with van der Waals surface area (Å²) >= 11 is 0. The van der Waals surface area contributed by atoms with E-state index in [0.717, 1.165) is 47.5 Å². The molecule has 1 aliphatic carbocycles. The van der Waals surface area contributed by atoms with E-state index >= 15 is 0 Å². The van der Waals surface area contributed by atoms with Gasteiger partial charge in [-0.2, -0.15) is 0 Å². The van der Waals surface area contributed by atoms with Gasteiger partial charge in [-0.15, -0.1) is 0 Å². The molecule has 2 aromatic carbocycles. The van der Waals surface area contributed by atoms with Gasteiger partial charge in [0.2, 0.25) is 5.91 Å². The second-order valence-electron chi connectivity index (χ2n) is 7.82. The lowest BCUT2D eigenvalue weighted by Gasteiger charge is -2.21. The monoisotopic (exact) mass is 413 g/mol. The zero-order chi connectivity index (χ0) is 21.8. The van der Waals surface area contributed by atoms with Crippen molar-refractivity contribution in [2.75, 3.05) is 12.4 Å². The Kier molecular flexibility index (Phi) is 6.12. The molecule has 0 radical (unpaired) electrons. The Morgan fingerprint density at radius 1 is 1.13 bits per heavy atom. The van der Waals surface area contributed by atoms with Crippen LogP contribution in [0.2, 0.25) is 0 Å². The average molecular weight is 414 g/mol. The van der Waals surface area contributed by atoms with Gasteiger partial charge in [-0.25, -0.2) is 9.97 Å². The summed E-state index contributed by atoms with van der Waals surface area (Å²) in [6, 6.07) is 16.1. The van der Waals surface area contributed by atoms with E-state index in [1.165, 1.54) is 5.56 Å².